The molecule has 3 aromatic carbocycles. The van der Waals surface area contributed by atoms with Gasteiger partial charge in [0.25, 0.3) is 0 Å². The molecule has 1 saturated heterocycles. The molecule has 180 valence electrons. The van der Waals surface area contributed by atoms with Gasteiger partial charge < -0.3 is 14.2 Å². The number of halogens is 1. The predicted molar refractivity (Wildman–Crippen MR) is 142 cm³/mol. The van der Waals surface area contributed by atoms with Crippen molar-refractivity contribution in [3.05, 3.63) is 88.2 Å². The lowest BCUT2D eigenvalue weighted by Gasteiger charge is -2.19. The number of fused-ring (bicyclic) bond motifs is 1. The summed E-state index contributed by atoms with van der Waals surface area (Å²) in [5, 5.41) is 0.743. The smallest absolute Gasteiger partial charge is 0.227 e. The zero-order valence-corrected chi connectivity index (χ0v) is 21.2. The fourth-order valence-electron chi connectivity index (χ4n) is 5.00. The summed E-state index contributed by atoms with van der Waals surface area (Å²) in [6.07, 6.45) is 1.30. The van der Waals surface area contributed by atoms with Crippen LogP contribution in [0.1, 0.15) is 41.3 Å². The summed E-state index contributed by atoms with van der Waals surface area (Å²) in [6, 6.07) is 20.2. The summed E-state index contributed by atoms with van der Waals surface area (Å²) >= 11 is 6.13. The molecule has 0 spiro atoms. The Balaban J connectivity index is 1.35. The number of carbonyl (C=O) groups excluding carboxylic acids is 1. The van der Waals surface area contributed by atoms with Gasteiger partial charge >= 0.3 is 0 Å². The van der Waals surface area contributed by atoms with Gasteiger partial charge in [-0.25, -0.2) is 4.98 Å². The highest BCUT2D eigenvalue weighted by Crippen LogP contribution is 2.34. The summed E-state index contributed by atoms with van der Waals surface area (Å²) in [6.45, 7) is 8.12. The maximum atomic E-state index is 13.0. The van der Waals surface area contributed by atoms with Gasteiger partial charge in [0.2, 0.25) is 5.91 Å². The van der Waals surface area contributed by atoms with E-state index in [2.05, 4.69) is 42.7 Å². The Hall–Kier alpha value is -3.31. The first-order chi connectivity index (χ1) is 16.9. The SMILES string of the molecule is Cc1cc(C)cc(N2CC(c3nc4ccccc4n3CCCOc3ccc(Cl)c(C)c3)CC2=O)c1. The molecule has 0 bridgehead atoms. The van der Waals surface area contributed by atoms with E-state index < -0.39 is 0 Å². The number of imidazole rings is 1. The fourth-order valence-corrected chi connectivity index (χ4v) is 5.11. The van der Waals surface area contributed by atoms with Crippen LogP contribution in [0.2, 0.25) is 5.02 Å². The molecule has 5 rings (SSSR count). The highest BCUT2D eigenvalue weighted by molar-refractivity contribution is 6.31. The Morgan fingerprint density at radius 3 is 2.57 bits per heavy atom. The minimum atomic E-state index is 0.0514. The number of aromatic nitrogens is 2. The van der Waals surface area contributed by atoms with Gasteiger partial charge in [0, 0.05) is 36.1 Å². The van der Waals surface area contributed by atoms with Gasteiger partial charge in [-0.15, -0.1) is 0 Å². The largest absolute Gasteiger partial charge is 0.494 e. The van der Waals surface area contributed by atoms with Gasteiger partial charge in [0.1, 0.15) is 11.6 Å². The van der Waals surface area contributed by atoms with E-state index in [4.69, 9.17) is 21.3 Å². The lowest BCUT2D eigenvalue weighted by atomic mass is 10.1. The van der Waals surface area contributed by atoms with E-state index in [0.29, 0.717) is 19.6 Å². The lowest BCUT2D eigenvalue weighted by molar-refractivity contribution is -0.117. The van der Waals surface area contributed by atoms with E-state index in [1.165, 1.54) is 11.1 Å². The predicted octanol–water partition coefficient (Wildman–Crippen LogP) is 6.60. The van der Waals surface area contributed by atoms with Gasteiger partial charge in [0.15, 0.2) is 0 Å². The van der Waals surface area contributed by atoms with E-state index in [0.717, 1.165) is 51.8 Å². The molecule has 1 aliphatic heterocycles. The molecule has 2 heterocycles. The number of carbonyl (C=O) groups is 1. The van der Waals surface area contributed by atoms with Crippen molar-refractivity contribution in [2.24, 2.45) is 0 Å². The van der Waals surface area contributed by atoms with E-state index in [-0.39, 0.29) is 11.8 Å². The Morgan fingerprint density at radius 1 is 1.03 bits per heavy atom. The molecule has 1 aliphatic rings. The number of rotatable bonds is 7. The van der Waals surface area contributed by atoms with Crippen LogP contribution in [0.25, 0.3) is 11.0 Å². The second kappa shape index (κ2) is 9.74. The zero-order valence-electron chi connectivity index (χ0n) is 20.4. The van der Waals surface area contributed by atoms with Crippen molar-refractivity contribution in [1.82, 2.24) is 9.55 Å². The summed E-state index contributed by atoms with van der Waals surface area (Å²) in [5.74, 6) is 2.01. The average molecular weight is 488 g/mol. The van der Waals surface area contributed by atoms with Crippen LogP contribution in [0, 0.1) is 20.8 Å². The van der Waals surface area contributed by atoms with Gasteiger partial charge in [0.05, 0.1) is 17.6 Å². The lowest BCUT2D eigenvalue weighted by Crippen LogP contribution is -2.24. The molecular weight excluding hydrogens is 458 g/mol. The van der Waals surface area contributed by atoms with Gasteiger partial charge in [-0.3, -0.25) is 4.79 Å². The molecule has 1 aromatic heterocycles. The van der Waals surface area contributed by atoms with Crippen molar-refractivity contribution < 1.29 is 9.53 Å². The number of para-hydroxylation sites is 2. The minimum Gasteiger partial charge on any atom is -0.494 e. The van der Waals surface area contributed by atoms with Gasteiger partial charge in [-0.1, -0.05) is 29.8 Å². The third-order valence-corrected chi connectivity index (χ3v) is 7.04. The number of ether oxygens (including phenoxy) is 1. The number of hydrogen-bond acceptors (Lipinski definition) is 3. The van der Waals surface area contributed by atoms with Crippen LogP contribution in [0.4, 0.5) is 5.69 Å². The number of amides is 1. The van der Waals surface area contributed by atoms with Crippen LogP contribution < -0.4 is 9.64 Å². The molecule has 0 N–H and O–H groups in total. The summed E-state index contributed by atoms with van der Waals surface area (Å²) in [5.41, 5.74) is 6.38. The number of nitrogens with zero attached hydrogens (tertiary/aromatic N) is 3. The van der Waals surface area contributed by atoms with Crippen molar-refractivity contribution in [1.29, 1.82) is 0 Å². The van der Waals surface area contributed by atoms with Crippen molar-refractivity contribution in [2.75, 3.05) is 18.1 Å². The molecular formula is C29H30ClN3O2. The highest BCUT2D eigenvalue weighted by Gasteiger charge is 2.35. The summed E-state index contributed by atoms with van der Waals surface area (Å²) in [7, 11) is 0. The normalized spacial score (nSPS) is 15.8. The van der Waals surface area contributed by atoms with E-state index in [1.807, 2.05) is 48.2 Å². The van der Waals surface area contributed by atoms with Crippen LogP contribution in [-0.4, -0.2) is 28.6 Å². The van der Waals surface area contributed by atoms with Crippen molar-refractivity contribution in [2.45, 2.75) is 46.1 Å². The van der Waals surface area contributed by atoms with E-state index >= 15 is 0 Å². The van der Waals surface area contributed by atoms with Crippen LogP contribution in [0.3, 0.4) is 0 Å². The van der Waals surface area contributed by atoms with Crippen LogP contribution in [0.15, 0.2) is 60.7 Å². The molecule has 0 aliphatic carbocycles. The van der Waals surface area contributed by atoms with Crippen molar-refractivity contribution in [3.63, 3.8) is 0 Å². The number of benzene rings is 3. The van der Waals surface area contributed by atoms with E-state index in [1.54, 1.807) is 0 Å². The van der Waals surface area contributed by atoms with Crippen molar-refractivity contribution in [3.8, 4) is 5.75 Å². The number of hydrogen-bond donors (Lipinski definition) is 0. The average Bonchev–Trinajstić information content (AvgIpc) is 3.39. The first-order valence-electron chi connectivity index (χ1n) is 12.1. The molecule has 6 heteroatoms. The quantitative estimate of drug-likeness (QED) is 0.276. The Kier molecular flexibility index (Phi) is 6.52. The molecule has 0 saturated carbocycles. The molecule has 4 aromatic rings. The Bertz CT molecular complexity index is 1370. The molecule has 1 unspecified atom stereocenters. The highest BCUT2D eigenvalue weighted by atomic mass is 35.5. The monoisotopic (exact) mass is 487 g/mol. The van der Waals surface area contributed by atoms with Gasteiger partial charge in [-0.05, 0) is 86.3 Å². The molecule has 35 heavy (non-hydrogen) atoms. The van der Waals surface area contributed by atoms with Crippen molar-refractivity contribution >= 4 is 34.2 Å². The standard InChI is InChI=1S/C29H30ClN3O2/c1-19-13-20(2)15-23(14-19)33-18-22(17-28(33)34)29-31-26-7-4-5-8-27(26)32(29)11-6-12-35-24-9-10-25(30)21(3)16-24/h4-5,7-10,13-16,22H,6,11-12,17-18H2,1-3H3. The first kappa shape index (κ1) is 23.4. The minimum absolute atomic E-state index is 0.0514. The molecule has 0 radical (unpaired) electrons. The van der Waals surface area contributed by atoms with E-state index in [9.17, 15) is 4.79 Å². The number of anilines is 1. The van der Waals surface area contributed by atoms with Crippen LogP contribution in [-0.2, 0) is 11.3 Å². The third-order valence-electron chi connectivity index (χ3n) is 6.62. The maximum absolute atomic E-state index is 13.0. The van der Waals surface area contributed by atoms with Crippen LogP contribution >= 0.6 is 11.6 Å². The first-order valence-corrected chi connectivity index (χ1v) is 12.5. The third kappa shape index (κ3) is 4.92. The maximum Gasteiger partial charge on any atom is 0.227 e. The zero-order chi connectivity index (χ0) is 24.5. The fraction of sp³-hybridized carbons (Fsp3) is 0.310. The molecule has 1 amide bonds. The Morgan fingerprint density at radius 2 is 1.80 bits per heavy atom. The number of aryl methyl sites for hydroxylation is 4. The molecule has 1 atom stereocenters. The Labute approximate surface area is 211 Å². The molecule has 1 fully saturated rings. The van der Waals surface area contributed by atoms with Gasteiger partial charge in [-0.2, -0.15) is 0 Å². The second-order valence-corrected chi connectivity index (χ2v) is 9.88. The second-order valence-electron chi connectivity index (χ2n) is 9.47. The summed E-state index contributed by atoms with van der Waals surface area (Å²) in [4.78, 5) is 19.9. The topological polar surface area (TPSA) is 47.4 Å². The summed E-state index contributed by atoms with van der Waals surface area (Å²) < 4.78 is 8.25. The van der Waals surface area contributed by atoms with Crippen LogP contribution in [0.5, 0.6) is 5.75 Å². The molecule has 5 nitrogen and oxygen atoms in total.